The lowest BCUT2D eigenvalue weighted by Crippen LogP contribution is -2.56. The van der Waals surface area contributed by atoms with Gasteiger partial charge in [-0.1, -0.05) is 23.9 Å². The number of rotatable bonds is 5. The van der Waals surface area contributed by atoms with Crippen molar-refractivity contribution in [2.24, 2.45) is 23.2 Å². The Balaban J connectivity index is 1.20. The third-order valence-electron chi connectivity index (χ3n) is 6.98. The summed E-state index contributed by atoms with van der Waals surface area (Å²) in [7, 11) is 0. The van der Waals surface area contributed by atoms with Gasteiger partial charge < -0.3 is 9.73 Å². The molecule has 4 nitrogen and oxygen atoms in total. The van der Waals surface area contributed by atoms with Crippen molar-refractivity contribution in [3.05, 3.63) is 24.3 Å². The minimum atomic E-state index is 0.0977. The number of amides is 1. The van der Waals surface area contributed by atoms with Crippen molar-refractivity contribution in [3.63, 3.8) is 0 Å². The molecule has 6 rings (SSSR count). The number of para-hydroxylation sites is 2. The fraction of sp³-hybridized carbons (Fsp3) is 0.619. The number of nitrogens with zero attached hydrogens (tertiary/aromatic N) is 1. The molecule has 4 aliphatic rings. The molecule has 4 saturated carbocycles. The Hall–Kier alpha value is -1.49. The van der Waals surface area contributed by atoms with Crippen molar-refractivity contribution in [2.45, 2.75) is 56.7 Å². The predicted octanol–water partition coefficient (Wildman–Crippen LogP) is 4.64. The molecule has 1 aromatic carbocycles. The molecule has 138 valence electrons. The topological polar surface area (TPSA) is 55.1 Å². The van der Waals surface area contributed by atoms with E-state index in [1.807, 2.05) is 24.3 Å². The average Bonchev–Trinajstić information content (AvgIpc) is 3.02. The number of carbonyl (C=O) groups excluding carboxylic acids is 1. The van der Waals surface area contributed by atoms with Crippen LogP contribution in [0.3, 0.4) is 0 Å². The van der Waals surface area contributed by atoms with E-state index in [0.29, 0.717) is 16.4 Å². The van der Waals surface area contributed by atoms with Crippen molar-refractivity contribution < 1.29 is 9.21 Å². The lowest BCUT2D eigenvalue weighted by atomic mass is 9.48. The number of benzene rings is 1. The van der Waals surface area contributed by atoms with Gasteiger partial charge in [0.2, 0.25) is 5.91 Å². The summed E-state index contributed by atoms with van der Waals surface area (Å²) in [4.78, 5) is 17.0. The number of hydrogen-bond donors (Lipinski definition) is 1. The minimum absolute atomic E-state index is 0.0977. The highest BCUT2D eigenvalue weighted by Crippen LogP contribution is 2.61. The van der Waals surface area contributed by atoms with Crippen molar-refractivity contribution in [1.29, 1.82) is 0 Å². The van der Waals surface area contributed by atoms with Gasteiger partial charge in [-0.3, -0.25) is 4.79 Å². The molecule has 0 aliphatic heterocycles. The Bertz CT molecular complexity index is 762. The van der Waals surface area contributed by atoms with Crippen molar-refractivity contribution in [1.82, 2.24) is 10.3 Å². The zero-order valence-electron chi connectivity index (χ0n) is 15.2. The van der Waals surface area contributed by atoms with Crippen LogP contribution in [0.5, 0.6) is 0 Å². The minimum Gasteiger partial charge on any atom is -0.431 e. The van der Waals surface area contributed by atoms with Gasteiger partial charge in [-0.25, -0.2) is 4.98 Å². The van der Waals surface area contributed by atoms with E-state index in [-0.39, 0.29) is 11.9 Å². The van der Waals surface area contributed by atoms with Gasteiger partial charge >= 0.3 is 0 Å². The molecular weight excluding hydrogens is 344 g/mol. The zero-order valence-corrected chi connectivity index (χ0v) is 16.1. The number of carbonyl (C=O) groups is 1. The Morgan fingerprint density at radius 3 is 2.54 bits per heavy atom. The van der Waals surface area contributed by atoms with Crippen LogP contribution in [0.2, 0.25) is 0 Å². The van der Waals surface area contributed by atoms with Gasteiger partial charge in [0.25, 0.3) is 5.22 Å². The van der Waals surface area contributed by atoms with E-state index in [4.69, 9.17) is 4.42 Å². The summed E-state index contributed by atoms with van der Waals surface area (Å²) in [5.41, 5.74) is 1.97. The van der Waals surface area contributed by atoms with Crippen molar-refractivity contribution in [3.8, 4) is 0 Å². The van der Waals surface area contributed by atoms with Crippen molar-refractivity contribution in [2.75, 3.05) is 5.75 Å². The van der Waals surface area contributed by atoms with Gasteiger partial charge in [0.1, 0.15) is 5.52 Å². The summed E-state index contributed by atoms with van der Waals surface area (Å²) in [5.74, 6) is 3.20. The van der Waals surface area contributed by atoms with E-state index < -0.39 is 0 Å². The molecule has 1 N–H and O–H groups in total. The molecule has 1 heterocycles. The SMILES string of the molecule is C[C@H](NC(=O)CSc1nc2ccccc2o1)C12CC3CC(CC(C3)C1)C2. The van der Waals surface area contributed by atoms with Crippen LogP contribution in [0.15, 0.2) is 33.9 Å². The van der Waals surface area contributed by atoms with Crippen LogP contribution in [-0.4, -0.2) is 22.7 Å². The number of fused-ring (bicyclic) bond motifs is 1. The maximum Gasteiger partial charge on any atom is 0.257 e. The van der Waals surface area contributed by atoms with Gasteiger partial charge in [-0.2, -0.15) is 0 Å². The fourth-order valence-electron chi connectivity index (χ4n) is 6.18. The van der Waals surface area contributed by atoms with E-state index in [9.17, 15) is 4.79 Å². The first-order valence-corrected chi connectivity index (χ1v) is 10.9. The largest absolute Gasteiger partial charge is 0.431 e. The average molecular weight is 371 g/mol. The normalized spacial score (nSPS) is 33.5. The molecule has 4 bridgehead atoms. The highest BCUT2D eigenvalue weighted by atomic mass is 32.2. The third kappa shape index (κ3) is 2.94. The van der Waals surface area contributed by atoms with Crippen LogP contribution in [0, 0.1) is 23.2 Å². The standard InChI is InChI=1S/C21H26N2O2S/c1-13(21-9-14-6-15(10-21)8-16(7-14)11-21)22-19(24)12-26-20-23-17-4-2-3-5-18(17)25-20/h2-5,13-16H,6-12H2,1H3,(H,22,24)/t13-,14?,15?,16?,21?/m0/s1. The fourth-order valence-corrected chi connectivity index (χ4v) is 6.83. The van der Waals surface area contributed by atoms with Crippen LogP contribution < -0.4 is 5.32 Å². The van der Waals surface area contributed by atoms with Gasteiger partial charge in [-0.05, 0) is 80.8 Å². The summed E-state index contributed by atoms with van der Waals surface area (Å²) in [6.07, 6.45) is 8.27. The molecule has 0 unspecified atom stereocenters. The van der Waals surface area contributed by atoms with Crippen molar-refractivity contribution >= 4 is 28.8 Å². The number of thioether (sulfide) groups is 1. The first-order valence-electron chi connectivity index (χ1n) is 9.87. The van der Waals surface area contributed by atoms with Gasteiger partial charge in [0.15, 0.2) is 5.58 Å². The summed E-state index contributed by atoms with van der Waals surface area (Å²) in [5, 5.41) is 3.88. The summed E-state index contributed by atoms with van der Waals surface area (Å²) < 4.78 is 5.70. The van der Waals surface area contributed by atoms with Crippen LogP contribution >= 0.6 is 11.8 Å². The molecule has 0 radical (unpaired) electrons. The van der Waals surface area contributed by atoms with E-state index in [1.54, 1.807) is 0 Å². The first kappa shape index (κ1) is 16.7. The van der Waals surface area contributed by atoms with E-state index in [1.165, 1.54) is 50.3 Å². The monoisotopic (exact) mass is 370 g/mol. The molecule has 4 aliphatic carbocycles. The number of nitrogens with one attached hydrogen (secondary N) is 1. The Morgan fingerprint density at radius 1 is 1.23 bits per heavy atom. The van der Waals surface area contributed by atoms with E-state index in [2.05, 4.69) is 17.2 Å². The first-order chi connectivity index (χ1) is 12.6. The second-order valence-corrected chi connectivity index (χ2v) is 9.73. The second kappa shape index (κ2) is 6.29. The summed E-state index contributed by atoms with van der Waals surface area (Å²) in [6.45, 7) is 2.23. The molecule has 4 fully saturated rings. The molecule has 1 amide bonds. The maximum atomic E-state index is 12.5. The summed E-state index contributed by atoms with van der Waals surface area (Å²) >= 11 is 1.38. The molecule has 26 heavy (non-hydrogen) atoms. The second-order valence-electron chi connectivity index (χ2n) is 8.81. The van der Waals surface area contributed by atoms with E-state index >= 15 is 0 Å². The molecule has 0 spiro atoms. The molecular formula is C21H26N2O2S. The lowest BCUT2D eigenvalue weighted by molar-refractivity contribution is -0.123. The van der Waals surface area contributed by atoms with Gasteiger partial charge in [-0.15, -0.1) is 0 Å². The van der Waals surface area contributed by atoms with Crippen LogP contribution in [0.25, 0.3) is 11.1 Å². The number of aromatic nitrogens is 1. The molecule has 2 aromatic rings. The Morgan fingerprint density at radius 2 is 1.88 bits per heavy atom. The highest BCUT2D eigenvalue weighted by Gasteiger charge is 2.53. The molecule has 0 saturated heterocycles. The molecule has 5 heteroatoms. The summed E-state index contributed by atoms with van der Waals surface area (Å²) in [6, 6.07) is 7.98. The van der Waals surface area contributed by atoms with Gasteiger partial charge in [0, 0.05) is 6.04 Å². The quantitative estimate of drug-likeness (QED) is 0.779. The lowest BCUT2D eigenvalue weighted by Gasteiger charge is -2.59. The number of oxazole rings is 1. The zero-order chi connectivity index (χ0) is 17.7. The van der Waals surface area contributed by atoms with Crippen LogP contribution in [-0.2, 0) is 4.79 Å². The maximum absolute atomic E-state index is 12.5. The Kier molecular flexibility index (Phi) is 4.03. The molecule has 1 atom stereocenters. The highest BCUT2D eigenvalue weighted by molar-refractivity contribution is 7.99. The van der Waals surface area contributed by atoms with Gasteiger partial charge in [0.05, 0.1) is 5.75 Å². The Labute approximate surface area is 158 Å². The molecule has 1 aromatic heterocycles. The third-order valence-corrected chi connectivity index (χ3v) is 7.81. The van der Waals surface area contributed by atoms with Crippen LogP contribution in [0.4, 0.5) is 0 Å². The van der Waals surface area contributed by atoms with Crippen LogP contribution in [0.1, 0.15) is 45.4 Å². The van der Waals surface area contributed by atoms with E-state index in [0.717, 1.165) is 28.9 Å². The predicted molar refractivity (Wildman–Crippen MR) is 103 cm³/mol. The smallest absolute Gasteiger partial charge is 0.257 e. The number of hydrogen-bond acceptors (Lipinski definition) is 4.